The van der Waals surface area contributed by atoms with E-state index in [4.69, 9.17) is 4.84 Å². The number of aromatic nitrogens is 4. The molecule has 0 atom stereocenters. The van der Waals surface area contributed by atoms with E-state index in [9.17, 15) is 18.0 Å². The number of carbonyl (C=O) groups is 1. The molecule has 0 bridgehead atoms. The van der Waals surface area contributed by atoms with Crippen LogP contribution in [0.4, 0.5) is 24.7 Å². The van der Waals surface area contributed by atoms with Crippen molar-refractivity contribution in [3.05, 3.63) is 76.4 Å². The molecule has 0 radical (unpaired) electrons. The molecule has 4 rings (SSSR count). The Labute approximate surface area is 175 Å². The molecule has 0 aliphatic rings. The van der Waals surface area contributed by atoms with Crippen molar-refractivity contribution < 1.29 is 22.8 Å². The van der Waals surface area contributed by atoms with Crippen molar-refractivity contribution in [2.24, 2.45) is 0 Å². The first-order valence-electron chi connectivity index (χ1n) is 8.45. The summed E-state index contributed by atoms with van der Waals surface area (Å²) in [7, 11) is 0. The second kappa shape index (κ2) is 7.75. The van der Waals surface area contributed by atoms with Gasteiger partial charge in [0.1, 0.15) is 28.1 Å². The maximum absolute atomic E-state index is 13.1. The van der Waals surface area contributed by atoms with Gasteiger partial charge in [-0.15, -0.1) is 5.10 Å². The van der Waals surface area contributed by atoms with Crippen molar-refractivity contribution in [3.63, 3.8) is 0 Å². The molecule has 0 saturated heterocycles. The highest BCUT2D eigenvalue weighted by Crippen LogP contribution is 2.31. The summed E-state index contributed by atoms with van der Waals surface area (Å²) < 4.78 is 40.2. The average Bonchev–Trinajstić information content (AvgIpc) is 3.12. The van der Waals surface area contributed by atoms with E-state index < -0.39 is 17.8 Å². The number of para-hydroxylation sites is 1. The minimum atomic E-state index is -4.68. The first-order chi connectivity index (χ1) is 14.3. The van der Waals surface area contributed by atoms with Crippen LogP contribution >= 0.6 is 15.9 Å². The molecule has 0 aliphatic carbocycles. The number of alkyl halides is 3. The Morgan fingerprint density at radius 1 is 1.03 bits per heavy atom. The lowest BCUT2D eigenvalue weighted by molar-refractivity contribution is -0.141. The molecule has 0 aliphatic heterocycles. The van der Waals surface area contributed by atoms with Crippen LogP contribution in [0.1, 0.15) is 16.1 Å². The molecule has 0 fully saturated rings. The van der Waals surface area contributed by atoms with E-state index in [0.717, 1.165) is 15.4 Å². The molecular formula is C19H11BrF3N5O2. The Morgan fingerprint density at radius 2 is 1.77 bits per heavy atom. The van der Waals surface area contributed by atoms with Gasteiger partial charge < -0.3 is 10.2 Å². The fourth-order valence-corrected chi connectivity index (χ4v) is 2.85. The van der Waals surface area contributed by atoms with Crippen LogP contribution in [0.2, 0.25) is 0 Å². The van der Waals surface area contributed by atoms with Crippen LogP contribution in [0, 0.1) is 0 Å². The summed E-state index contributed by atoms with van der Waals surface area (Å²) in [5, 5.41) is 10.3. The monoisotopic (exact) mass is 477 g/mol. The van der Waals surface area contributed by atoms with E-state index in [1.165, 1.54) is 0 Å². The van der Waals surface area contributed by atoms with Gasteiger partial charge in [-0.1, -0.05) is 32.9 Å². The SMILES string of the molecule is O=C(On1nnc2ccccc21)c1ccc(C(F)(F)F)nc1Nc1ccc(Br)cc1. The lowest BCUT2D eigenvalue weighted by atomic mass is 10.2. The number of rotatable bonds is 4. The Morgan fingerprint density at radius 3 is 2.50 bits per heavy atom. The van der Waals surface area contributed by atoms with Crippen LogP contribution in [0.15, 0.2) is 65.1 Å². The number of pyridine rings is 1. The molecule has 152 valence electrons. The molecule has 30 heavy (non-hydrogen) atoms. The van der Waals surface area contributed by atoms with Gasteiger partial charge in [0.15, 0.2) is 0 Å². The summed E-state index contributed by atoms with van der Waals surface area (Å²) in [4.78, 5) is 22.4. The van der Waals surface area contributed by atoms with Gasteiger partial charge >= 0.3 is 12.1 Å². The summed E-state index contributed by atoms with van der Waals surface area (Å²) in [6, 6.07) is 15.1. The van der Waals surface area contributed by atoms with E-state index in [1.807, 2.05) is 0 Å². The van der Waals surface area contributed by atoms with Gasteiger partial charge in [0.25, 0.3) is 0 Å². The largest absolute Gasteiger partial charge is 0.433 e. The van der Waals surface area contributed by atoms with Gasteiger partial charge in [-0.3, -0.25) is 0 Å². The minimum Gasteiger partial charge on any atom is -0.339 e. The molecule has 2 aromatic carbocycles. The van der Waals surface area contributed by atoms with Gasteiger partial charge in [0.05, 0.1) is 0 Å². The molecule has 1 N–H and O–H groups in total. The number of fused-ring (bicyclic) bond motifs is 1. The number of hydrogen-bond acceptors (Lipinski definition) is 6. The zero-order chi connectivity index (χ0) is 21.3. The van der Waals surface area contributed by atoms with Crippen molar-refractivity contribution in [2.45, 2.75) is 6.18 Å². The van der Waals surface area contributed by atoms with Crippen molar-refractivity contribution in [3.8, 4) is 0 Å². The van der Waals surface area contributed by atoms with Gasteiger partial charge in [0.2, 0.25) is 0 Å². The second-order valence-electron chi connectivity index (χ2n) is 6.05. The van der Waals surface area contributed by atoms with E-state index in [1.54, 1.807) is 48.5 Å². The molecular weight excluding hydrogens is 467 g/mol. The first-order valence-corrected chi connectivity index (χ1v) is 9.24. The number of anilines is 2. The molecule has 4 aromatic rings. The zero-order valence-electron chi connectivity index (χ0n) is 14.9. The van der Waals surface area contributed by atoms with E-state index in [-0.39, 0.29) is 11.4 Å². The maximum Gasteiger partial charge on any atom is 0.433 e. The van der Waals surface area contributed by atoms with Crippen LogP contribution in [0.5, 0.6) is 0 Å². The highest BCUT2D eigenvalue weighted by Gasteiger charge is 2.34. The summed E-state index contributed by atoms with van der Waals surface area (Å²) in [5.74, 6) is -1.26. The normalized spacial score (nSPS) is 11.5. The van der Waals surface area contributed by atoms with Crippen LogP contribution in [-0.4, -0.2) is 26.1 Å². The fraction of sp³-hybridized carbons (Fsp3) is 0.0526. The summed E-state index contributed by atoms with van der Waals surface area (Å²) in [6.07, 6.45) is -4.68. The Kier molecular flexibility index (Phi) is 5.12. The molecule has 0 unspecified atom stereocenters. The summed E-state index contributed by atoms with van der Waals surface area (Å²) in [5.41, 5.74) is -0.00200. The van der Waals surface area contributed by atoms with Gasteiger partial charge in [0, 0.05) is 10.2 Å². The number of hydrogen-bond donors (Lipinski definition) is 1. The lowest BCUT2D eigenvalue weighted by Gasteiger charge is -2.13. The molecule has 0 saturated carbocycles. The van der Waals surface area contributed by atoms with Crippen LogP contribution in [0.3, 0.4) is 0 Å². The number of nitrogens with zero attached hydrogens (tertiary/aromatic N) is 4. The van der Waals surface area contributed by atoms with Crippen LogP contribution in [0.25, 0.3) is 11.0 Å². The van der Waals surface area contributed by atoms with E-state index in [2.05, 4.69) is 36.5 Å². The van der Waals surface area contributed by atoms with Gasteiger partial charge in [-0.2, -0.15) is 13.2 Å². The quantitative estimate of drug-likeness (QED) is 0.432. The predicted octanol–water partition coefficient (Wildman–Crippen LogP) is 4.62. The minimum absolute atomic E-state index is 0.203. The van der Waals surface area contributed by atoms with Crippen molar-refractivity contribution in [1.82, 2.24) is 20.1 Å². The second-order valence-corrected chi connectivity index (χ2v) is 6.97. The third kappa shape index (κ3) is 4.10. The number of halogens is 4. The van der Waals surface area contributed by atoms with E-state index >= 15 is 0 Å². The Balaban J connectivity index is 1.70. The van der Waals surface area contributed by atoms with Crippen molar-refractivity contribution in [2.75, 3.05) is 5.32 Å². The van der Waals surface area contributed by atoms with Gasteiger partial charge in [-0.05, 0) is 53.7 Å². The molecule has 0 spiro atoms. The Hall–Kier alpha value is -3.47. The zero-order valence-corrected chi connectivity index (χ0v) is 16.5. The summed E-state index contributed by atoms with van der Waals surface area (Å²) in [6.45, 7) is 0. The highest BCUT2D eigenvalue weighted by atomic mass is 79.9. The number of carbonyl (C=O) groups excluding carboxylic acids is 1. The summed E-state index contributed by atoms with van der Waals surface area (Å²) >= 11 is 3.28. The van der Waals surface area contributed by atoms with Crippen LogP contribution < -0.4 is 10.2 Å². The average molecular weight is 478 g/mol. The number of nitrogens with one attached hydrogen (secondary N) is 1. The number of benzene rings is 2. The fourth-order valence-electron chi connectivity index (χ4n) is 2.59. The van der Waals surface area contributed by atoms with Crippen molar-refractivity contribution >= 4 is 44.4 Å². The lowest BCUT2D eigenvalue weighted by Crippen LogP contribution is -2.23. The third-order valence-electron chi connectivity index (χ3n) is 4.00. The molecule has 7 nitrogen and oxygen atoms in total. The molecule has 11 heteroatoms. The standard InChI is InChI=1S/C19H11BrF3N5O2/c20-11-5-7-12(8-6-11)24-17-13(9-10-16(25-17)19(21,22)23)18(29)30-28-15-4-2-1-3-14(15)26-27-28/h1-10H,(H,24,25). The van der Waals surface area contributed by atoms with E-state index in [0.29, 0.717) is 22.8 Å². The first kappa shape index (κ1) is 19.8. The molecule has 2 aromatic heterocycles. The molecule has 2 heterocycles. The topological polar surface area (TPSA) is 81.9 Å². The van der Waals surface area contributed by atoms with Crippen LogP contribution in [-0.2, 0) is 6.18 Å². The maximum atomic E-state index is 13.1. The van der Waals surface area contributed by atoms with Crippen molar-refractivity contribution in [1.29, 1.82) is 0 Å². The highest BCUT2D eigenvalue weighted by molar-refractivity contribution is 9.10. The Bertz CT molecular complexity index is 1230. The predicted molar refractivity (Wildman–Crippen MR) is 105 cm³/mol. The molecule has 0 amide bonds. The third-order valence-corrected chi connectivity index (χ3v) is 4.53. The smallest absolute Gasteiger partial charge is 0.339 e. The van der Waals surface area contributed by atoms with Gasteiger partial charge in [-0.25, -0.2) is 9.78 Å².